The number of rotatable bonds is 7. The van der Waals surface area contributed by atoms with Gasteiger partial charge in [-0.15, -0.1) is 0 Å². The first-order valence-electron chi connectivity index (χ1n) is 8.60. The summed E-state index contributed by atoms with van der Waals surface area (Å²) in [4.78, 5) is 24.2. The topological polar surface area (TPSA) is 119 Å². The van der Waals surface area contributed by atoms with Gasteiger partial charge in [-0.3, -0.25) is 4.79 Å². The molecule has 0 aliphatic heterocycles. The van der Waals surface area contributed by atoms with Gasteiger partial charge < -0.3 is 9.47 Å². The van der Waals surface area contributed by atoms with Crippen LogP contribution in [0.1, 0.15) is 10.5 Å². The maximum Gasteiger partial charge on any atom is 0.359 e. The molecule has 152 valence electrons. The summed E-state index contributed by atoms with van der Waals surface area (Å²) >= 11 is 0. The Morgan fingerprint density at radius 2 is 1.69 bits per heavy atom. The Morgan fingerprint density at radius 3 is 2.34 bits per heavy atom. The maximum atomic E-state index is 12.3. The fourth-order valence-corrected chi connectivity index (χ4v) is 3.45. The van der Waals surface area contributed by atoms with Gasteiger partial charge in [-0.2, -0.15) is 5.10 Å². The summed E-state index contributed by atoms with van der Waals surface area (Å²) in [7, 11) is -0.600. The lowest BCUT2D eigenvalue weighted by atomic mass is 10.1. The molecule has 0 spiro atoms. The monoisotopic (exact) mass is 417 g/mol. The van der Waals surface area contributed by atoms with Crippen molar-refractivity contribution in [1.82, 2.24) is 14.5 Å². The van der Waals surface area contributed by atoms with Gasteiger partial charge in [-0.05, 0) is 30.3 Å². The van der Waals surface area contributed by atoms with Crippen LogP contribution in [0, 0.1) is 0 Å². The van der Waals surface area contributed by atoms with Gasteiger partial charge in [0.05, 0.1) is 10.3 Å². The molecule has 10 heteroatoms. The number of carbonyl (C=O) groups excluding carboxylic acids is 1. The van der Waals surface area contributed by atoms with Gasteiger partial charge in [0.25, 0.3) is 5.56 Å². The molecule has 0 bridgehead atoms. The zero-order valence-electron chi connectivity index (χ0n) is 15.8. The van der Waals surface area contributed by atoms with E-state index < -0.39 is 16.0 Å². The van der Waals surface area contributed by atoms with E-state index in [0.29, 0.717) is 16.5 Å². The molecule has 0 aliphatic rings. The van der Waals surface area contributed by atoms with Crippen LogP contribution < -0.4 is 10.3 Å². The van der Waals surface area contributed by atoms with Crippen molar-refractivity contribution in [2.75, 3.05) is 27.3 Å². The van der Waals surface area contributed by atoms with Crippen LogP contribution in [0.3, 0.4) is 0 Å². The highest BCUT2D eigenvalue weighted by molar-refractivity contribution is 7.89. The minimum absolute atomic E-state index is 0.0124. The summed E-state index contributed by atoms with van der Waals surface area (Å²) in [5, 5.41) is 6.80. The highest BCUT2D eigenvalue weighted by atomic mass is 32.2. The third kappa shape index (κ3) is 4.44. The van der Waals surface area contributed by atoms with Crippen LogP contribution in [0.25, 0.3) is 10.8 Å². The van der Waals surface area contributed by atoms with E-state index in [1.165, 1.54) is 38.4 Å². The first-order valence-corrected chi connectivity index (χ1v) is 10.0. The van der Waals surface area contributed by atoms with Crippen molar-refractivity contribution >= 4 is 26.8 Å². The van der Waals surface area contributed by atoms with E-state index in [-0.39, 0.29) is 29.4 Å². The predicted molar refractivity (Wildman–Crippen MR) is 105 cm³/mol. The van der Waals surface area contributed by atoms with Crippen molar-refractivity contribution in [2.24, 2.45) is 0 Å². The van der Waals surface area contributed by atoms with E-state index in [0.717, 1.165) is 4.31 Å². The quantitative estimate of drug-likeness (QED) is 0.456. The number of nitrogens with one attached hydrogen (secondary N) is 1. The Labute approximate surface area is 166 Å². The smallest absolute Gasteiger partial charge is 0.359 e. The van der Waals surface area contributed by atoms with Crippen molar-refractivity contribution in [1.29, 1.82) is 0 Å². The lowest BCUT2D eigenvalue weighted by Crippen LogP contribution is -2.22. The molecule has 1 aromatic heterocycles. The number of aromatic nitrogens is 2. The molecular formula is C19H19N3O6S. The highest BCUT2D eigenvalue weighted by Gasteiger charge is 2.17. The van der Waals surface area contributed by atoms with Gasteiger partial charge in [-0.25, -0.2) is 22.6 Å². The molecule has 0 saturated heterocycles. The molecule has 29 heavy (non-hydrogen) atoms. The van der Waals surface area contributed by atoms with Crippen molar-refractivity contribution < 1.29 is 22.7 Å². The van der Waals surface area contributed by atoms with E-state index in [2.05, 4.69) is 10.2 Å². The number of carbonyl (C=O) groups is 1. The highest BCUT2D eigenvalue weighted by Crippen LogP contribution is 2.18. The number of H-pyrrole nitrogens is 1. The molecule has 0 aliphatic carbocycles. The molecule has 0 atom stereocenters. The van der Waals surface area contributed by atoms with Crippen LogP contribution in [0.15, 0.2) is 58.2 Å². The third-order valence-corrected chi connectivity index (χ3v) is 5.91. The minimum atomic E-state index is -3.51. The predicted octanol–water partition coefficient (Wildman–Crippen LogP) is 1.41. The molecular weight excluding hydrogens is 398 g/mol. The largest absolute Gasteiger partial charge is 0.490 e. The molecule has 0 unspecified atom stereocenters. The zero-order valence-corrected chi connectivity index (χ0v) is 16.6. The maximum absolute atomic E-state index is 12.3. The number of benzene rings is 2. The van der Waals surface area contributed by atoms with Crippen molar-refractivity contribution in [3.05, 3.63) is 64.6 Å². The number of aromatic amines is 1. The number of fused-ring (bicyclic) bond motifs is 1. The summed E-state index contributed by atoms with van der Waals surface area (Å²) in [5.41, 5.74) is -0.376. The lowest BCUT2D eigenvalue weighted by Gasteiger charge is -2.12. The third-order valence-electron chi connectivity index (χ3n) is 4.08. The zero-order chi connectivity index (χ0) is 21.0. The van der Waals surface area contributed by atoms with E-state index in [4.69, 9.17) is 9.47 Å². The number of nitrogens with zero attached hydrogens (tertiary/aromatic N) is 2. The second-order valence-corrected chi connectivity index (χ2v) is 8.34. The molecule has 0 saturated carbocycles. The van der Waals surface area contributed by atoms with Crippen LogP contribution in [-0.2, 0) is 14.8 Å². The number of ether oxygens (including phenoxy) is 2. The number of sulfonamides is 1. The minimum Gasteiger partial charge on any atom is -0.490 e. The summed E-state index contributed by atoms with van der Waals surface area (Å²) in [6.07, 6.45) is 0. The number of esters is 1. The van der Waals surface area contributed by atoms with Crippen LogP contribution in [0.2, 0.25) is 0 Å². The van der Waals surface area contributed by atoms with E-state index in [1.807, 2.05) is 0 Å². The van der Waals surface area contributed by atoms with E-state index >= 15 is 0 Å². The van der Waals surface area contributed by atoms with Gasteiger partial charge >= 0.3 is 5.97 Å². The van der Waals surface area contributed by atoms with Gasteiger partial charge in [-0.1, -0.05) is 18.2 Å². The van der Waals surface area contributed by atoms with Crippen molar-refractivity contribution in [3.63, 3.8) is 0 Å². The molecule has 0 fully saturated rings. The average molecular weight is 417 g/mol. The second kappa shape index (κ2) is 8.41. The Balaban J connectivity index is 1.58. The van der Waals surface area contributed by atoms with Gasteiger partial charge in [0.1, 0.15) is 19.0 Å². The lowest BCUT2D eigenvalue weighted by molar-refractivity contribution is 0.0445. The van der Waals surface area contributed by atoms with Crippen LogP contribution in [0.5, 0.6) is 5.75 Å². The fourth-order valence-electron chi connectivity index (χ4n) is 2.55. The molecule has 0 radical (unpaired) electrons. The first kappa shape index (κ1) is 20.5. The Hall–Kier alpha value is -3.24. The summed E-state index contributed by atoms with van der Waals surface area (Å²) in [6.45, 7) is 0.0124. The molecule has 3 rings (SSSR count). The van der Waals surface area contributed by atoms with Gasteiger partial charge in [0.2, 0.25) is 10.0 Å². The van der Waals surface area contributed by atoms with E-state index in [9.17, 15) is 18.0 Å². The van der Waals surface area contributed by atoms with Crippen LogP contribution in [0.4, 0.5) is 0 Å². The Kier molecular flexibility index (Phi) is 5.95. The summed E-state index contributed by atoms with van der Waals surface area (Å²) < 4.78 is 35.8. The van der Waals surface area contributed by atoms with Gasteiger partial charge in [0.15, 0.2) is 5.69 Å². The van der Waals surface area contributed by atoms with Crippen LogP contribution in [-0.4, -0.2) is 56.2 Å². The Morgan fingerprint density at radius 1 is 1.03 bits per heavy atom. The molecule has 1 N–H and O–H groups in total. The molecule has 2 aromatic carbocycles. The van der Waals surface area contributed by atoms with E-state index in [1.54, 1.807) is 24.3 Å². The Bertz CT molecular complexity index is 1190. The first-order chi connectivity index (χ1) is 13.8. The molecule has 3 aromatic rings. The molecule has 1 heterocycles. The summed E-state index contributed by atoms with van der Waals surface area (Å²) in [6, 6.07) is 12.5. The molecule has 0 amide bonds. The van der Waals surface area contributed by atoms with Crippen LogP contribution >= 0.6 is 0 Å². The molecule has 9 nitrogen and oxygen atoms in total. The average Bonchev–Trinajstić information content (AvgIpc) is 2.72. The van der Waals surface area contributed by atoms with Crippen molar-refractivity contribution in [3.8, 4) is 5.75 Å². The second-order valence-electron chi connectivity index (χ2n) is 6.19. The summed E-state index contributed by atoms with van der Waals surface area (Å²) in [5.74, 6) is -0.250. The van der Waals surface area contributed by atoms with Gasteiger partial charge in [0, 0.05) is 19.5 Å². The number of hydrogen-bond acceptors (Lipinski definition) is 7. The normalized spacial score (nSPS) is 11.6. The SMILES string of the molecule is CN(C)S(=O)(=O)c1ccc(OCCOC(=O)c2n[nH]c(=O)c3ccccc23)cc1. The fraction of sp³-hybridized carbons (Fsp3) is 0.211. The van der Waals surface area contributed by atoms with Crippen molar-refractivity contribution in [2.45, 2.75) is 4.90 Å². The number of hydrogen-bond donors (Lipinski definition) is 1. The standard InChI is InChI=1S/C19H19N3O6S/c1-22(2)29(25,26)14-9-7-13(8-10-14)27-11-12-28-19(24)17-15-5-3-4-6-16(15)18(23)21-20-17/h3-10H,11-12H2,1-2H3,(H,21,23).